The Morgan fingerprint density at radius 2 is 1.71 bits per heavy atom. The van der Waals surface area contributed by atoms with Gasteiger partial charge in [0.15, 0.2) is 0 Å². The summed E-state index contributed by atoms with van der Waals surface area (Å²) in [5, 5.41) is 13.2. The van der Waals surface area contributed by atoms with Gasteiger partial charge in [-0.15, -0.1) is 0 Å². The second-order valence-corrected chi connectivity index (χ2v) is 11.2. The minimum atomic E-state index is -3.31. The van der Waals surface area contributed by atoms with Gasteiger partial charge in [0.1, 0.15) is 11.6 Å². The summed E-state index contributed by atoms with van der Waals surface area (Å²) in [6.07, 6.45) is 2.83. The van der Waals surface area contributed by atoms with Crippen molar-refractivity contribution in [2.75, 3.05) is 32.4 Å². The van der Waals surface area contributed by atoms with Crippen molar-refractivity contribution in [2.24, 2.45) is 5.16 Å². The molecule has 1 aromatic heterocycles. The molecular formula is C27H28F2N4O4S. The van der Waals surface area contributed by atoms with Gasteiger partial charge in [0.2, 0.25) is 10.0 Å². The van der Waals surface area contributed by atoms with E-state index in [0.717, 1.165) is 12.3 Å². The lowest BCUT2D eigenvalue weighted by molar-refractivity contribution is 0.0698. The number of benzene rings is 2. The Hall–Kier alpha value is -3.70. The molecule has 0 aliphatic carbocycles. The summed E-state index contributed by atoms with van der Waals surface area (Å²) in [4.78, 5) is 18.8. The van der Waals surface area contributed by atoms with Crippen LogP contribution in [-0.2, 0) is 10.0 Å². The van der Waals surface area contributed by atoms with Gasteiger partial charge in [-0.05, 0) is 48.4 Å². The molecule has 3 aromatic rings. The Morgan fingerprint density at radius 3 is 2.29 bits per heavy atom. The van der Waals surface area contributed by atoms with Gasteiger partial charge in [-0.3, -0.25) is 9.78 Å². The van der Waals surface area contributed by atoms with Crippen LogP contribution in [0.1, 0.15) is 45.1 Å². The highest BCUT2D eigenvalue weighted by Crippen LogP contribution is 2.32. The van der Waals surface area contributed by atoms with E-state index in [4.69, 9.17) is 0 Å². The Balaban J connectivity index is 1.60. The lowest BCUT2D eigenvalue weighted by atomic mass is 9.84. The molecule has 1 aliphatic rings. The van der Waals surface area contributed by atoms with Gasteiger partial charge in [0.25, 0.3) is 5.91 Å². The third-order valence-electron chi connectivity index (χ3n) is 6.64. The topological polar surface area (TPSA) is 103 Å². The van der Waals surface area contributed by atoms with Crippen LogP contribution in [0.4, 0.5) is 8.78 Å². The molecule has 0 spiro atoms. The average Bonchev–Trinajstić information content (AvgIpc) is 2.89. The Kier molecular flexibility index (Phi) is 8.17. The van der Waals surface area contributed by atoms with Gasteiger partial charge in [0.05, 0.1) is 12.0 Å². The first-order chi connectivity index (χ1) is 18.1. The van der Waals surface area contributed by atoms with Crippen LogP contribution in [0.3, 0.4) is 0 Å². The van der Waals surface area contributed by atoms with Gasteiger partial charge >= 0.3 is 0 Å². The Bertz CT molecular complexity index is 1450. The summed E-state index contributed by atoms with van der Waals surface area (Å²) in [6.45, 7) is 2.81. The molecule has 1 amide bonds. The van der Waals surface area contributed by atoms with Gasteiger partial charge in [-0.2, -0.15) is 4.31 Å². The van der Waals surface area contributed by atoms with E-state index in [9.17, 15) is 27.2 Å². The zero-order valence-corrected chi connectivity index (χ0v) is 21.8. The highest BCUT2D eigenvalue weighted by atomic mass is 32.2. The number of hydrogen-bond acceptors (Lipinski definition) is 6. The summed E-state index contributed by atoms with van der Waals surface area (Å²) in [5.74, 6) is -2.32. The van der Waals surface area contributed by atoms with Crippen molar-refractivity contribution in [1.82, 2.24) is 14.2 Å². The molecule has 0 radical (unpaired) electrons. The average molecular weight is 543 g/mol. The van der Waals surface area contributed by atoms with Crippen molar-refractivity contribution in [3.63, 3.8) is 0 Å². The summed E-state index contributed by atoms with van der Waals surface area (Å²) in [6, 6.07) is 13.4. The van der Waals surface area contributed by atoms with Gasteiger partial charge in [-0.1, -0.05) is 23.4 Å². The second-order valence-electron chi connectivity index (χ2n) is 9.23. The molecule has 1 N–H and O–H groups in total. The third-order valence-corrected chi connectivity index (χ3v) is 7.94. The first-order valence-corrected chi connectivity index (χ1v) is 13.8. The van der Waals surface area contributed by atoms with Gasteiger partial charge in [-0.25, -0.2) is 17.2 Å². The van der Waals surface area contributed by atoms with Crippen LogP contribution < -0.4 is 0 Å². The lowest BCUT2D eigenvalue weighted by Crippen LogP contribution is -2.50. The van der Waals surface area contributed by atoms with E-state index in [2.05, 4.69) is 10.1 Å². The number of hydrogen-bond donors (Lipinski definition) is 1. The van der Waals surface area contributed by atoms with Crippen molar-refractivity contribution in [3.05, 3.63) is 100 Å². The van der Waals surface area contributed by atoms with E-state index >= 15 is 0 Å². The number of pyridine rings is 1. The minimum Gasteiger partial charge on any atom is -0.411 e. The number of aryl methyl sites for hydroxylation is 1. The number of carbonyl (C=O) groups excluding carboxylic acids is 1. The van der Waals surface area contributed by atoms with Crippen LogP contribution in [0, 0.1) is 18.6 Å². The number of sulfonamides is 1. The van der Waals surface area contributed by atoms with Crippen LogP contribution in [0.15, 0.2) is 65.9 Å². The van der Waals surface area contributed by atoms with Crippen LogP contribution in [-0.4, -0.2) is 71.9 Å². The molecule has 1 saturated heterocycles. The summed E-state index contributed by atoms with van der Waals surface area (Å²) >= 11 is 0. The van der Waals surface area contributed by atoms with E-state index < -0.39 is 27.6 Å². The smallest absolute Gasteiger partial charge is 0.253 e. The fraction of sp³-hybridized carbons (Fsp3) is 0.296. The second kappa shape index (κ2) is 11.4. The number of piperazine rings is 1. The molecule has 0 bridgehead atoms. The summed E-state index contributed by atoms with van der Waals surface area (Å²) in [7, 11) is -3.31. The Labute approximate surface area is 220 Å². The monoisotopic (exact) mass is 542 g/mol. The van der Waals surface area contributed by atoms with Crippen molar-refractivity contribution < 1.29 is 27.2 Å². The van der Waals surface area contributed by atoms with Gasteiger partial charge < -0.3 is 10.1 Å². The quantitative estimate of drug-likeness (QED) is 0.278. The van der Waals surface area contributed by atoms with Crippen molar-refractivity contribution in [2.45, 2.75) is 19.3 Å². The maximum absolute atomic E-state index is 14.9. The first-order valence-electron chi connectivity index (χ1n) is 12.0. The van der Waals surface area contributed by atoms with E-state index in [1.54, 1.807) is 54.4 Å². The van der Waals surface area contributed by atoms with Crippen molar-refractivity contribution in [3.8, 4) is 0 Å². The number of nitrogens with zero attached hydrogens (tertiary/aromatic N) is 4. The van der Waals surface area contributed by atoms with E-state index in [-0.39, 0.29) is 44.1 Å². The SMILES string of the molecule is Cc1cc(/C(CC(c2ccc(C(=O)N3CCN(S(C)(=O)=O)CC3)cc2)c2ccc(F)cc2F)=N/O)ccn1. The molecule has 1 unspecified atom stereocenters. The van der Waals surface area contributed by atoms with Crippen LogP contribution in [0.5, 0.6) is 0 Å². The number of halogens is 2. The molecule has 1 atom stereocenters. The van der Waals surface area contributed by atoms with Crippen LogP contribution in [0.2, 0.25) is 0 Å². The number of carbonyl (C=O) groups is 1. The zero-order chi connectivity index (χ0) is 27.4. The molecule has 4 rings (SSSR count). The Morgan fingerprint density at radius 1 is 1.03 bits per heavy atom. The van der Waals surface area contributed by atoms with Crippen molar-refractivity contribution >= 4 is 21.6 Å². The standard InChI is InChI=1S/C27H28F2N4O4S/c1-18-15-21(9-10-30-18)26(31-35)17-24(23-8-7-22(28)16-25(23)29)19-3-5-20(6-4-19)27(34)32-11-13-33(14-12-32)38(2,36)37/h3-10,15-16,24,35H,11-14,17H2,1-2H3/b31-26+. The maximum Gasteiger partial charge on any atom is 0.253 e. The minimum absolute atomic E-state index is 0.100. The molecule has 200 valence electrons. The number of aromatic nitrogens is 1. The molecule has 0 saturated carbocycles. The molecule has 11 heteroatoms. The fourth-order valence-corrected chi connectivity index (χ4v) is 5.42. The lowest BCUT2D eigenvalue weighted by Gasteiger charge is -2.33. The van der Waals surface area contributed by atoms with E-state index in [1.807, 2.05) is 0 Å². The van der Waals surface area contributed by atoms with Crippen LogP contribution in [0.25, 0.3) is 0 Å². The maximum atomic E-state index is 14.9. The molecule has 1 aliphatic heterocycles. The number of amides is 1. The van der Waals surface area contributed by atoms with Crippen molar-refractivity contribution in [1.29, 1.82) is 0 Å². The fourth-order valence-electron chi connectivity index (χ4n) is 4.59. The zero-order valence-electron chi connectivity index (χ0n) is 21.0. The first kappa shape index (κ1) is 27.3. The highest BCUT2D eigenvalue weighted by molar-refractivity contribution is 7.88. The molecule has 2 aromatic carbocycles. The molecule has 38 heavy (non-hydrogen) atoms. The molecular weight excluding hydrogens is 514 g/mol. The normalized spacial score (nSPS) is 15.9. The molecule has 1 fully saturated rings. The van der Waals surface area contributed by atoms with E-state index in [1.165, 1.54) is 16.4 Å². The van der Waals surface area contributed by atoms with Crippen LogP contribution >= 0.6 is 0 Å². The molecule has 2 heterocycles. The summed E-state index contributed by atoms with van der Waals surface area (Å²) in [5.41, 5.74) is 2.89. The third kappa shape index (κ3) is 6.22. The number of oxime groups is 1. The molecule has 8 nitrogen and oxygen atoms in total. The largest absolute Gasteiger partial charge is 0.411 e. The predicted octanol–water partition coefficient (Wildman–Crippen LogP) is 3.79. The van der Waals surface area contributed by atoms with Gasteiger partial charge in [0, 0.05) is 67.6 Å². The van der Waals surface area contributed by atoms with E-state index in [0.29, 0.717) is 28.1 Å². The highest BCUT2D eigenvalue weighted by Gasteiger charge is 2.27. The summed E-state index contributed by atoms with van der Waals surface area (Å²) < 4.78 is 53.4. The number of rotatable bonds is 7. The predicted molar refractivity (Wildman–Crippen MR) is 139 cm³/mol.